The maximum absolute atomic E-state index is 13.3. The first kappa shape index (κ1) is 23.0. The number of likely N-dealkylation sites (tertiary alicyclic amines) is 1. The van der Waals surface area contributed by atoms with E-state index in [0.717, 1.165) is 53.7 Å². The molecule has 1 saturated heterocycles. The normalized spacial score (nSPS) is 18.2. The molecular weight excluding hydrogens is 475 g/mol. The molecule has 0 spiro atoms. The summed E-state index contributed by atoms with van der Waals surface area (Å²) in [6, 6.07) is 7.14. The molecule has 8 heteroatoms. The van der Waals surface area contributed by atoms with Crippen molar-refractivity contribution in [3.63, 3.8) is 0 Å². The van der Waals surface area contributed by atoms with E-state index in [1.54, 1.807) is 6.07 Å². The van der Waals surface area contributed by atoms with Gasteiger partial charge in [-0.25, -0.2) is 9.18 Å². The third-order valence-electron chi connectivity index (χ3n) is 6.13. The number of nitrogens with one attached hydrogen (secondary N) is 1. The van der Waals surface area contributed by atoms with Crippen molar-refractivity contribution in [1.29, 1.82) is 0 Å². The van der Waals surface area contributed by atoms with Gasteiger partial charge in [-0.15, -0.1) is 0 Å². The van der Waals surface area contributed by atoms with Crippen molar-refractivity contribution < 1.29 is 13.9 Å². The van der Waals surface area contributed by atoms with E-state index >= 15 is 0 Å². The minimum atomic E-state index is -0.376. The lowest BCUT2D eigenvalue weighted by molar-refractivity contribution is 0.126. The number of urea groups is 1. The first-order valence-corrected chi connectivity index (χ1v) is 11.8. The lowest BCUT2D eigenvalue weighted by Gasteiger charge is -2.37. The predicted octanol–water partition coefficient (Wildman–Crippen LogP) is 4.50. The quantitative estimate of drug-likeness (QED) is 0.650. The minimum Gasteiger partial charge on any atom is -0.486 e. The molecule has 4 rings (SSSR count). The maximum Gasteiger partial charge on any atom is 0.318 e. The van der Waals surface area contributed by atoms with E-state index in [1.165, 1.54) is 12.3 Å². The van der Waals surface area contributed by atoms with Crippen molar-refractivity contribution in [1.82, 2.24) is 20.1 Å². The molecule has 2 aliphatic rings. The molecule has 0 unspecified atom stereocenters. The maximum atomic E-state index is 13.3. The summed E-state index contributed by atoms with van der Waals surface area (Å²) in [7, 11) is 2.10. The molecule has 0 aliphatic carbocycles. The second-order valence-corrected chi connectivity index (χ2v) is 10.2. The number of nitrogens with zero attached hydrogens (tertiary/aromatic N) is 3. The van der Waals surface area contributed by atoms with E-state index in [4.69, 9.17) is 4.74 Å². The fraction of sp³-hybridized carbons (Fsp3) is 0.500. The van der Waals surface area contributed by atoms with Gasteiger partial charge in [-0.2, -0.15) is 0 Å². The van der Waals surface area contributed by atoms with Gasteiger partial charge in [0.15, 0.2) is 0 Å². The van der Waals surface area contributed by atoms with E-state index in [0.29, 0.717) is 18.8 Å². The SMILES string of the molecule is CN1CCC(N(Cc2ccc(F)cn2)C(=O)NCc2cc(Br)c3c(c2)CC(C)(C)O3)CC1. The van der Waals surface area contributed by atoms with Crippen molar-refractivity contribution in [2.24, 2.45) is 0 Å². The Morgan fingerprint density at radius 2 is 2.09 bits per heavy atom. The minimum absolute atomic E-state index is 0.124. The van der Waals surface area contributed by atoms with Crippen LogP contribution in [-0.2, 0) is 19.5 Å². The van der Waals surface area contributed by atoms with Crippen LogP contribution in [0.3, 0.4) is 0 Å². The zero-order valence-corrected chi connectivity index (χ0v) is 20.4. The van der Waals surface area contributed by atoms with Gasteiger partial charge in [0.05, 0.1) is 22.9 Å². The fourth-order valence-electron chi connectivity index (χ4n) is 4.46. The lowest BCUT2D eigenvalue weighted by Crippen LogP contribution is -2.49. The van der Waals surface area contributed by atoms with Gasteiger partial charge in [-0.05, 0) is 92.1 Å². The summed E-state index contributed by atoms with van der Waals surface area (Å²) in [6.07, 6.45) is 3.84. The van der Waals surface area contributed by atoms with Crippen LogP contribution < -0.4 is 10.1 Å². The summed E-state index contributed by atoms with van der Waals surface area (Å²) < 4.78 is 20.2. The highest BCUT2D eigenvalue weighted by molar-refractivity contribution is 9.10. The molecule has 1 N–H and O–H groups in total. The Kier molecular flexibility index (Phi) is 6.72. The summed E-state index contributed by atoms with van der Waals surface area (Å²) in [5.41, 5.74) is 2.63. The summed E-state index contributed by atoms with van der Waals surface area (Å²) in [4.78, 5) is 21.5. The van der Waals surface area contributed by atoms with E-state index in [-0.39, 0.29) is 23.5 Å². The third kappa shape index (κ3) is 5.41. The second-order valence-electron chi connectivity index (χ2n) is 9.39. The molecule has 0 radical (unpaired) electrons. The number of halogens is 2. The number of ether oxygens (including phenoxy) is 1. The Bertz CT molecular complexity index is 975. The summed E-state index contributed by atoms with van der Waals surface area (Å²) >= 11 is 3.61. The fourth-order valence-corrected chi connectivity index (χ4v) is 5.09. The van der Waals surface area contributed by atoms with Crippen molar-refractivity contribution in [2.45, 2.75) is 57.8 Å². The average molecular weight is 505 g/mol. The van der Waals surface area contributed by atoms with Gasteiger partial charge in [0.2, 0.25) is 0 Å². The molecule has 0 bridgehead atoms. The van der Waals surface area contributed by atoms with E-state index < -0.39 is 0 Å². The van der Waals surface area contributed by atoms with E-state index in [1.807, 2.05) is 11.0 Å². The lowest BCUT2D eigenvalue weighted by atomic mass is 10.0. The van der Waals surface area contributed by atoms with Crippen LogP contribution in [0.5, 0.6) is 5.75 Å². The number of piperidine rings is 1. The summed E-state index contributed by atoms with van der Waals surface area (Å²) in [5.74, 6) is 0.513. The number of carbonyl (C=O) groups excluding carboxylic acids is 1. The molecule has 0 saturated carbocycles. The largest absolute Gasteiger partial charge is 0.486 e. The number of rotatable bonds is 5. The van der Waals surface area contributed by atoms with Crippen LogP contribution in [0.2, 0.25) is 0 Å². The van der Waals surface area contributed by atoms with Crippen LogP contribution in [0.15, 0.2) is 34.9 Å². The van der Waals surface area contributed by atoms with Crippen molar-refractivity contribution in [3.05, 3.63) is 57.6 Å². The molecule has 3 heterocycles. The Morgan fingerprint density at radius 1 is 1.34 bits per heavy atom. The number of hydrogen-bond acceptors (Lipinski definition) is 4. The number of hydrogen-bond donors (Lipinski definition) is 1. The molecule has 2 amide bonds. The zero-order chi connectivity index (χ0) is 22.9. The first-order valence-electron chi connectivity index (χ1n) is 11.0. The number of carbonyl (C=O) groups is 1. The van der Waals surface area contributed by atoms with Gasteiger partial charge >= 0.3 is 6.03 Å². The highest BCUT2D eigenvalue weighted by Gasteiger charge is 2.32. The van der Waals surface area contributed by atoms with E-state index in [2.05, 4.69) is 58.1 Å². The molecule has 1 aromatic heterocycles. The van der Waals surface area contributed by atoms with Gasteiger partial charge in [-0.3, -0.25) is 4.98 Å². The molecular formula is C24H30BrFN4O2. The molecule has 32 heavy (non-hydrogen) atoms. The highest BCUT2D eigenvalue weighted by Crippen LogP contribution is 2.41. The topological polar surface area (TPSA) is 57.7 Å². The number of aromatic nitrogens is 1. The van der Waals surface area contributed by atoms with Crippen LogP contribution in [-0.4, -0.2) is 52.6 Å². The van der Waals surface area contributed by atoms with Gasteiger partial charge in [0.25, 0.3) is 0 Å². The standard InChI is InChI=1S/C24H30BrFN4O2/c1-24(2)12-17-10-16(11-21(25)22(17)32-24)13-28-23(31)30(20-6-8-29(3)9-7-20)15-19-5-4-18(26)14-27-19/h4-5,10-11,14,20H,6-9,12-13,15H2,1-3H3,(H,28,31). The van der Waals surface area contributed by atoms with E-state index in [9.17, 15) is 9.18 Å². The number of amides is 2. The van der Waals surface area contributed by atoms with Crippen molar-refractivity contribution in [2.75, 3.05) is 20.1 Å². The molecule has 1 fully saturated rings. The van der Waals surface area contributed by atoms with Crippen LogP contribution in [0.1, 0.15) is 43.5 Å². The van der Waals surface area contributed by atoms with Crippen LogP contribution in [0.25, 0.3) is 0 Å². The highest BCUT2D eigenvalue weighted by atomic mass is 79.9. The second kappa shape index (κ2) is 9.35. The van der Waals surface area contributed by atoms with Crippen molar-refractivity contribution >= 4 is 22.0 Å². The van der Waals surface area contributed by atoms with Gasteiger partial charge < -0.3 is 19.9 Å². The molecule has 6 nitrogen and oxygen atoms in total. The smallest absolute Gasteiger partial charge is 0.318 e. The molecule has 0 atom stereocenters. The Morgan fingerprint density at radius 3 is 2.78 bits per heavy atom. The van der Waals surface area contributed by atoms with Crippen molar-refractivity contribution in [3.8, 4) is 5.75 Å². The summed E-state index contributed by atoms with van der Waals surface area (Å²) in [5, 5.41) is 3.09. The van der Waals surface area contributed by atoms with Gasteiger partial charge in [-0.1, -0.05) is 6.07 Å². The van der Waals surface area contributed by atoms with Gasteiger partial charge in [0, 0.05) is 19.0 Å². The zero-order valence-electron chi connectivity index (χ0n) is 18.8. The predicted molar refractivity (Wildman–Crippen MR) is 125 cm³/mol. The molecule has 1 aromatic carbocycles. The Hall–Kier alpha value is -2.19. The van der Waals surface area contributed by atoms with Gasteiger partial charge in [0.1, 0.15) is 17.2 Å². The average Bonchev–Trinajstić information content (AvgIpc) is 3.07. The monoisotopic (exact) mass is 504 g/mol. The number of fused-ring (bicyclic) bond motifs is 1. The molecule has 172 valence electrons. The van der Waals surface area contributed by atoms with Crippen LogP contribution in [0.4, 0.5) is 9.18 Å². The van der Waals surface area contributed by atoms with Crippen LogP contribution in [0, 0.1) is 5.82 Å². The Labute approximate surface area is 197 Å². The molecule has 2 aliphatic heterocycles. The first-order chi connectivity index (χ1) is 15.2. The van der Waals surface area contributed by atoms with Crippen LogP contribution >= 0.6 is 15.9 Å². The summed E-state index contributed by atoms with van der Waals surface area (Å²) in [6.45, 7) is 6.81. The molecule has 2 aromatic rings. The number of benzene rings is 1. The Balaban J connectivity index is 1.46. The number of pyridine rings is 1. The third-order valence-corrected chi connectivity index (χ3v) is 6.72.